The van der Waals surface area contributed by atoms with Crippen molar-refractivity contribution in [2.75, 3.05) is 32.9 Å². The highest BCUT2D eigenvalue weighted by molar-refractivity contribution is 6.01. The number of aliphatic hydroxyl groups excluding tert-OH is 3. The highest BCUT2D eigenvalue weighted by Gasteiger charge is 2.38. The van der Waals surface area contributed by atoms with Gasteiger partial charge in [-0.3, -0.25) is 71.9 Å². The molecule has 4 aromatic carbocycles. The highest BCUT2D eigenvalue weighted by atomic mass is 16.4. The van der Waals surface area contributed by atoms with Gasteiger partial charge in [0.2, 0.25) is 76.8 Å². The second-order valence-electron chi connectivity index (χ2n) is 28.1. The summed E-state index contributed by atoms with van der Waals surface area (Å²) in [5, 5.41) is 112. The van der Waals surface area contributed by atoms with E-state index in [4.69, 9.17) is 17.2 Å². The molecule has 42 heteroatoms. The first kappa shape index (κ1) is 97.5. The van der Waals surface area contributed by atoms with Crippen molar-refractivity contribution in [2.24, 2.45) is 17.2 Å². The van der Waals surface area contributed by atoms with E-state index in [1.165, 1.54) is 61.1 Å². The van der Waals surface area contributed by atoms with Crippen LogP contribution in [0, 0.1) is 0 Å². The maximum absolute atomic E-state index is 14.7. The van der Waals surface area contributed by atoms with Crippen molar-refractivity contribution >= 4 is 94.7 Å². The van der Waals surface area contributed by atoms with Gasteiger partial charge in [0.05, 0.1) is 38.3 Å². The first-order valence-electron chi connectivity index (χ1n) is 38.4. The third-order valence-corrected chi connectivity index (χ3v) is 18.6. The smallest absolute Gasteiger partial charge is 0.326 e. The van der Waals surface area contributed by atoms with E-state index in [9.17, 15) is 118 Å². The van der Waals surface area contributed by atoms with Crippen molar-refractivity contribution in [3.63, 3.8) is 0 Å². The molecule has 42 nitrogen and oxygen atoms in total. The number of nitrogens with one attached hydrogen (secondary N) is 14. The number of carboxylic acids is 3. The van der Waals surface area contributed by atoms with Crippen LogP contribution in [0.4, 0.5) is 0 Å². The molecule has 13 amide bonds. The number of aromatic amines is 1. The minimum absolute atomic E-state index is 0.0585. The lowest BCUT2D eigenvalue weighted by molar-refractivity contribution is -0.142. The topological polar surface area (TPSA) is 698 Å². The maximum Gasteiger partial charge on any atom is 0.326 e. The Kier molecular flexibility index (Phi) is 41.1. The number of nitrogens with zero attached hydrogens (tertiary/aromatic N) is 1. The minimum atomic E-state index is -2.11. The molecule has 0 aliphatic heterocycles. The summed E-state index contributed by atoms with van der Waals surface area (Å²) in [6.45, 7) is -0.574. The predicted octanol–water partition coefficient (Wildman–Crippen LogP) is -6.34. The van der Waals surface area contributed by atoms with E-state index >= 15 is 0 Å². The van der Waals surface area contributed by atoms with Gasteiger partial charge >= 0.3 is 17.9 Å². The van der Waals surface area contributed by atoms with Crippen LogP contribution in [0.1, 0.15) is 99.6 Å². The van der Waals surface area contributed by atoms with Crippen LogP contribution in [0.15, 0.2) is 122 Å². The Morgan fingerprint density at radius 2 is 0.667 bits per heavy atom. The molecule has 0 aliphatic carbocycles. The Morgan fingerprint density at radius 3 is 1.05 bits per heavy atom. The van der Waals surface area contributed by atoms with E-state index < -0.39 is 231 Å². The summed E-state index contributed by atoms with van der Waals surface area (Å²) in [5.74, 6) is -19.4. The molecule has 0 saturated carbocycles. The summed E-state index contributed by atoms with van der Waals surface area (Å²) >= 11 is 0. The highest BCUT2D eigenvalue weighted by Crippen LogP contribution is 2.17. The standard InChI is InChI=1S/C78H106N18O24/c1-42(65(106)86-54(27-28-63(102)103)70(111)87-53(18-10-12-30-80)69(110)94-60(78(119)120)34-45-15-7-4-8-16-45)84-71(112)55(32-46-19-23-49(100)24-20-46)90-68(109)52(17-9-11-29-79)88-75(116)59(36-64(104)105)93-72(113)57(33-47-21-25-50(101)26-22-47)92-77(118)62(40-99)95-66(107)43(2)85-76(117)61(39-98)96-73(114)56(31-44-13-5-3-6-14-44)91-74(115)58(35-48-37-82-41-83-48)89-67(108)51(81)38-97/h3-8,13-16,19-26,37,41-43,51-62,97-101H,9-12,17-18,27-36,38-40,79-81H2,1-2H3,(H,82,83)(H,84,112)(H,85,117)(H,86,106)(H,87,111)(H,88,116)(H,89,108)(H,90,109)(H,91,115)(H,92,118)(H,93,113)(H,94,110)(H,95,107)(H,96,114)(H,102,103)(H,104,105)(H,119,120)/t42-,43-,51-,52-,53-,54-,55-,56-,57-,58-,59-,60-,61-,62-/m0/s1. The van der Waals surface area contributed by atoms with Gasteiger partial charge in [-0.25, -0.2) is 9.78 Å². The molecular formula is C78H106N18O24. The number of carbonyl (C=O) groups excluding carboxylic acids is 13. The van der Waals surface area contributed by atoms with Crippen molar-refractivity contribution in [1.82, 2.24) is 79.1 Å². The van der Waals surface area contributed by atoms with Crippen LogP contribution in [0.3, 0.4) is 0 Å². The number of aromatic hydroxyl groups is 2. The second kappa shape index (κ2) is 50.6. The van der Waals surface area contributed by atoms with Crippen LogP contribution in [-0.4, -0.2) is 263 Å². The average Bonchev–Trinajstić information content (AvgIpc) is 1.12. The number of aromatic nitrogens is 2. The fourth-order valence-electron chi connectivity index (χ4n) is 11.8. The molecule has 0 spiro atoms. The third-order valence-electron chi connectivity index (χ3n) is 18.6. The number of rotatable bonds is 53. The van der Waals surface area contributed by atoms with Gasteiger partial charge in [0.25, 0.3) is 0 Å². The molecule has 0 aliphatic rings. The first-order valence-corrected chi connectivity index (χ1v) is 38.4. The molecule has 28 N–H and O–H groups in total. The summed E-state index contributed by atoms with van der Waals surface area (Å²) in [4.78, 5) is 226. The SMILES string of the molecule is C[C@H](NC(=O)[C@H](Cc1ccc(O)cc1)NC(=O)[C@H](CCCCN)NC(=O)[C@H](CC(=O)O)NC(=O)[C@H](Cc1ccc(O)cc1)NC(=O)[C@H](CO)NC(=O)[C@H](C)NC(=O)[C@H](CO)NC(=O)[C@H](Cc1ccccc1)NC(=O)[C@H](Cc1c[nH]cn1)NC(=O)[C@@H](N)CO)C(=O)N[C@@H](CCC(=O)O)C(=O)N[C@@H](CCCCN)C(=O)N[C@@H](Cc1ccccc1)C(=O)O. The molecule has 0 fully saturated rings. The van der Waals surface area contributed by atoms with Crippen LogP contribution in [0.5, 0.6) is 11.5 Å². The normalized spacial score (nSPS) is 14.5. The van der Waals surface area contributed by atoms with Crippen LogP contribution in [0.25, 0.3) is 0 Å². The van der Waals surface area contributed by atoms with Gasteiger partial charge in [0.1, 0.15) is 96.1 Å². The number of nitrogens with two attached hydrogens (primary N) is 3. The third kappa shape index (κ3) is 33.9. The number of aliphatic hydroxyl groups is 3. The number of unbranched alkanes of at least 4 members (excludes halogenated alkanes) is 2. The van der Waals surface area contributed by atoms with Crippen molar-refractivity contribution in [3.8, 4) is 11.5 Å². The number of hydrogen-bond donors (Lipinski definition) is 25. The zero-order chi connectivity index (χ0) is 88.5. The number of H-pyrrole nitrogens is 1. The number of imidazole rings is 1. The van der Waals surface area contributed by atoms with Gasteiger partial charge in [-0.2, -0.15) is 0 Å². The number of phenolic OH excluding ortho intramolecular Hbond substituents is 2. The molecule has 652 valence electrons. The van der Waals surface area contributed by atoms with Crippen LogP contribution < -0.4 is 86.3 Å². The van der Waals surface area contributed by atoms with Gasteiger partial charge < -0.3 is 132 Å². The minimum Gasteiger partial charge on any atom is -0.508 e. The maximum atomic E-state index is 14.7. The molecule has 0 unspecified atom stereocenters. The van der Waals surface area contributed by atoms with Crippen molar-refractivity contribution in [1.29, 1.82) is 0 Å². The molecule has 120 heavy (non-hydrogen) atoms. The molecular weight excluding hydrogens is 1570 g/mol. The number of benzene rings is 4. The van der Waals surface area contributed by atoms with Crippen LogP contribution in [-0.2, 0) is 109 Å². The summed E-state index contributed by atoms with van der Waals surface area (Å²) in [7, 11) is 0. The van der Waals surface area contributed by atoms with Crippen LogP contribution in [0.2, 0.25) is 0 Å². The predicted molar refractivity (Wildman–Crippen MR) is 424 cm³/mol. The summed E-state index contributed by atoms with van der Waals surface area (Å²) in [5.41, 5.74) is 19.1. The monoisotopic (exact) mass is 1680 g/mol. The zero-order valence-corrected chi connectivity index (χ0v) is 65.9. The molecule has 0 bridgehead atoms. The Bertz CT molecular complexity index is 4250. The first-order chi connectivity index (χ1) is 57.1. The van der Waals surface area contributed by atoms with E-state index in [-0.39, 0.29) is 81.5 Å². The number of hydrogen-bond acceptors (Lipinski definition) is 25. The number of amides is 13. The average molecular weight is 1680 g/mol. The van der Waals surface area contributed by atoms with E-state index in [1.54, 1.807) is 60.7 Å². The van der Waals surface area contributed by atoms with Gasteiger partial charge in [0.15, 0.2) is 0 Å². The van der Waals surface area contributed by atoms with E-state index in [0.29, 0.717) is 28.8 Å². The number of carbonyl (C=O) groups is 16. The lowest BCUT2D eigenvalue weighted by Gasteiger charge is -2.28. The Hall–Kier alpha value is -13.0. The Labute approximate surface area is 688 Å². The van der Waals surface area contributed by atoms with E-state index in [0.717, 1.165) is 13.8 Å². The van der Waals surface area contributed by atoms with Crippen molar-refractivity contribution < 1.29 is 118 Å². The Morgan fingerprint density at radius 1 is 0.350 bits per heavy atom. The summed E-state index contributed by atoms with van der Waals surface area (Å²) in [6.07, 6.45) is -0.642. The number of phenols is 2. The molecule has 1 heterocycles. The summed E-state index contributed by atoms with van der Waals surface area (Å²) < 4.78 is 0. The van der Waals surface area contributed by atoms with Crippen LogP contribution >= 0.6 is 0 Å². The fraction of sp³-hybridized carbons (Fsp3) is 0.449. The molecule has 14 atom stereocenters. The lowest BCUT2D eigenvalue weighted by atomic mass is 10.0. The summed E-state index contributed by atoms with van der Waals surface area (Å²) in [6, 6.07) is 3.43. The number of aliphatic carboxylic acids is 3. The van der Waals surface area contributed by atoms with Crippen molar-refractivity contribution in [2.45, 2.75) is 188 Å². The molecule has 0 radical (unpaired) electrons. The largest absolute Gasteiger partial charge is 0.508 e. The molecule has 0 saturated heterocycles. The molecule has 1 aromatic heterocycles. The lowest BCUT2D eigenvalue weighted by Crippen LogP contribution is -2.61. The quantitative estimate of drug-likeness (QED) is 0.0161. The van der Waals surface area contributed by atoms with E-state index in [1.807, 2.05) is 0 Å². The van der Waals surface area contributed by atoms with Gasteiger partial charge in [-0.05, 0) is 118 Å². The van der Waals surface area contributed by atoms with E-state index in [2.05, 4.69) is 79.1 Å². The van der Waals surface area contributed by atoms with Gasteiger partial charge in [0, 0.05) is 44.7 Å². The van der Waals surface area contributed by atoms with Gasteiger partial charge in [-0.15, -0.1) is 0 Å². The Balaban J connectivity index is 1.33. The van der Waals surface area contributed by atoms with Crippen molar-refractivity contribution in [3.05, 3.63) is 150 Å². The molecule has 5 rings (SSSR count). The van der Waals surface area contributed by atoms with Gasteiger partial charge in [-0.1, -0.05) is 84.9 Å². The molecule has 5 aromatic rings. The second-order valence-corrected chi connectivity index (χ2v) is 28.1. The fourth-order valence-corrected chi connectivity index (χ4v) is 11.8. The number of carboxylic acid groups (broad SMARTS) is 3. The zero-order valence-electron chi connectivity index (χ0n) is 65.9.